The minimum Gasteiger partial charge on any atom is -0.366 e. The number of carbonyl (C=O) groups is 1. The molecule has 38 heavy (non-hydrogen) atoms. The van der Waals surface area contributed by atoms with Crippen LogP contribution in [0.5, 0.6) is 0 Å². The summed E-state index contributed by atoms with van der Waals surface area (Å²) in [5, 5.41) is 8.93. The number of pyridine rings is 1. The molecule has 0 atom stereocenters. The van der Waals surface area contributed by atoms with Gasteiger partial charge in [-0.05, 0) is 49.2 Å². The Morgan fingerprint density at radius 1 is 0.842 bits per heavy atom. The minimum atomic E-state index is -0.0133. The third-order valence-electron chi connectivity index (χ3n) is 7.63. The molecule has 3 heterocycles. The van der Waals surface area contributed by atoms with Crippen LogP contribution in [0.3, 0.4) is 0 Å². The second-order valence-corrected chi connectivity index (χ2v) is 10.0. The van der Waals surface area contributed by atoms with Gasteiger partial charge in [-0.1, -0.05) is 47.6 Å². The van der Waals surface area contributed by atoms with Crippen LogP contribution in [-0.2, 0) is 0 Å². The first-order chi connectivity index (χ1) is 18.6. The molecule has 5 aromatic rings. The van der Waals surface area contributed by atoms with Crippen molar-refractivity contribution in [2.45, 2.75) is 13.8 Å². The number of rotatable bonds is 4. The lowest BCUT2D eigenvalue weighted by molar-refractivity contribution is 0.104. The summed E-state index contributed by atoms with van der Waals surface area (Å²) in [7, 11) is 0. The van der Waals surface area contributed by atoms with Crippen LogP contribution in [0.15, 0.2) is 77.4 Å². The quantitative estimate of drug-likeness (QED) is 0.312. The molecule has 0 radical (unpaired) electrons. The van der Waals surface area contributed by atoms with Crippen LogP contribution < -0.4 is 15.1 Å². The standard InChI is InChI=1S/C31H27N5O2/c1-19-10-11-20(2)23(17-19)33-24-18-25(35-13-15-36(16-14-35)26-9-5-6-12-32-26)29-28-27(24)30(37)21-7-3-4-8-22(21)31(28)38-34-29/h3-12,17-18,33H,13-16H2,1-2H3. The van der Waals surface area contributed by atoms with E-state index >= 15 is 0 Å². The monoisotopic (exact) mass is 501 g/mol. The number of hydrogen-bond acceptors (Lipinski definition) is 7. The number of carbonyl (C=O) groups excluding carboxylic acids is 1. The molecule has 1 aliphatic heterocycles. The van der Waals surface area contributed by atoms with Gasteiger partial charge in [0.25, 0.3) is 0 Å². The van der Waals surface area contributed by atoms with Crippen LogP contribution in [0.25, 0.3) is 22.2 Å². The maximum Gasteiger partial charge on any atom is 0.196 e. The van der Waals surface area contributed by atoms with Crippen LogP contribution in [0, 0.1) is 13.8 Å². The summed E-state index contributed by atoms with van der Waals surface area (Å²) in [5.74, 6) is 1.63. The molecular formula is C31H27N5O2. The fourth-order valence-electron chi connectivity index (χ4n) is 5.61. The van der Waals surface area contributed by atoms with Crippen LogP contribution in [0.4, 0.5) is 22.9 Å². The molecule has 2 aromatic heterocycles. The fraction of sp³-hybridized carbons (Fsp3) is 0.194. The number of nitrogens with zero attached hydrogens (tertiary/aromatic N) is 4. The third-order valence-corrected chi connectivity index (χ3v) is 7.63. The van der Waals surface area contributed by atoms with E-state index in [9.17, 15) is 4.79 Å². The number of anilines is 4. The van der Waals surface area contributed by atoms with Gasteiger partial charge in [0, 0.05) is 49.2 Å². The average molecular weight is 502 g/mol. The van der Waals surface area contributed by atoms with Crippen molar-refractivity contribution in [1.29, 1.82) is 0 Å². The number of aromatic nitrogens is 2. The zero-order valence-electron chi connectivity index (χ0n) is 21.4. The van der Waals surface area contributed by atoms with Gasteiger partial charge in [0.05, 0.1) is 22.3 Å². The predicted molar refractivity (Wildman–Crippen MR) is 151 cm³/mol. The lowest BCUT2D eigenvalue weighted by atomic mass is 9.86. The number of piperazine rings is 1. The van der Waals surface area contributed by atoms with Crippen molar-refractivity contribution in [2.75, 3.05) is 41.3 Å². The molecular weight excluding hydrogens is 474 g/mol. The number of nitrogens with one attached hydrogen (secondary N) is 1. The minimum absolute atomic E-state index is 0.0133. The summed E-state index contributed by atoms with van der Waals surface area (Å²) in [6.45, 7) is 7.44. The van der Waals surface area contributed by atoms with E-state index in [1.807, 2.05) is 48.7 Å². The van der Waals surface area contributed by atoms with Crippen molar-refractivity contribution in [3.63, 3.8) is 0 Å². The van der Waals surface area contributed by atoms with E-state index in [0.29, 0.717) is 16.9 Å². The van der Waals surface area contributed by atoms with Gasteiger partial charge in [0.1, 0.15) is 11.3 Å². The predicted octanol–water partition coefficient (Wildman–Crippen LogP) is 6.12. The molecule has 0 amide bonds. The highest BCUT2D eigenvalue weighted by molar-refractivity contribution is 6.28. The molecule has 7 nitrogen and oxygen atoms in total. The first-order valence-corrected chi connectivity index (χ1v) is 12.9. The highest BCUT2D eigenvalue weighted by atomic mass is 16.5. The van der Waals surface area contributed by atoms with E-state index in [4.69, 9.17) is 4.52 Å². The summed E-state index contributed by atoms with van der Waals surface area (Å²) < 4.78 is 5.96. The normalized spacial score (nSPS) is 14.6. The molecule has 7 heteroatoms. The molecule has 188 valence electrons. The largest absolute Gasteiger partial charge is 0.366 e. The lowest BCUT2D eigenvalue weighted by Crippen LogP contribution is -2.47. The Hall–Kier alpha value is -4.65. The van der Waals surface area contributed by atoms with Crippen LogP contribution in [-0.4, -0.2) is 42.1 Å². The molecule has 0 unspecified atom stereocenters. The van der Waals surface area contributed by atoms with Gasteiger partial charge in [0.2, 0.25) is 0 Å². The average Bonchev–Trinajstić information content (AvgIpc) is 3.40. The molecule has 1 saturated heterocycles. The lowest BCUT2D eigenvalue weighted by Gasteiger charge is -2.37. The van der Waals surface area contributed by atoms with Crippen molar-refractivity contribution in [1.82, 2.24) is 10.1 Å². The van der Waals surface area contributed by atoms with Gasteiger partial charge < -0.3 is 19.6 Å². The van der Waals surface area contributed by atoms with Gasteiger partial charge in [-0.3, -0.25) is 4.79 Å². The second-order valence-electron chi connectivity index (χ2n) is 10.0. The van der Waals surface area contributed by atoms with E-state index in [1.54, 1.807) is 0 Å². The molecule has 0 bridgehead atoms. The first kappa shape index (κ1) is 22.5. The summed E-state index contributed by atoms with van der Waals surface area (Å²) >= 11 is 0. The van der Waals surface area contributed by atoms with Crippen molar-refractivity contribution in [3.05, 3.63) is 95.2 Å². The molecule has 0 saturated carbocycles. The van der Waals surface area contributed by atoms with Gasteiger partial charge in [-0.2, -0.15) is 0 Å². The zero-order chi connectivity index (χ0) is 25.8. The fourth-order valence-corrected chi connectivity index (χ4v) is 5.61. The number of ketones is 1. The van der Waals surface area contributed by atoms with E-state index in [0.717, 1.165) is 76.7 Å². The Morgan fingerprint density at radius 3 is 2.39 bits per heavy atom. The molecule has 1 fully saturated rings. The molecule has 3 aromatic carbocycles. The van der Waals surface area contributed by atoms with Crippen LogP contribution >= 0.6 is 0 Å². The maximum absolute atomic E-state index is 13.9. The van der Waals surface area contributed by atoms with Crippen molar-refractivity contribution in [3.8, 4) is 11.3 Å². The maximum atomic E-state index is 13.9. The van der Waals surface area contributed by atoms with Crippen molar-refractivity contribution < 1.29 is 9.32 Å². The van der Waals surface area contributed by atoms with Crippen LogP contribution in [0.1, 0.15) is 27.0 Å². The SMILES string of the molecule is Cc1ccc(C)c(Nc2cc(N3CCN(c4ccccn4)CC3)c3noc4c3c2C(=O)c2ccccc2-4)c1. The Labute approximate surface area is 220 Å². The van der Waals surface area contributed by atoms with Gasteiger partial charge in [-0.15, -0.1) is 0 Å². The highest BCUT2D eigenvalue weighted by Gasteiger charge is 2.34. The Bertz CT molecular complexity index is 1700. The molecule has 1 N–H and O–H groups in total. The Morgan fingerprint density at radius 2 is 1.61 bits per heavy atom. The second kappa shape index (κ2) is 8.73. The highest BCUT2D eigenvalue weighted by Crippen LogP contribution is 2.46. The number of aryl methyl sites for hydroxylation is 2. The third kappa shape index (κ3) is 3.54. The van der Waals surface area contributed by atoms with Crippen molar-refractivity contribution >= 4 is 39.6 Å². The molecule has 2 aliphatic rings. The molecule has 1 aliphatic carbocycles. The van der Waals surface area contributed by atoms with E-state index in [1.165, 1.54) is 0 Å². The summed E-state index contributed by atoms with van der Waals surface area (Å²) in [6.07, 6.45) is 1.83. The summed E-state index contributed by atoms with van der Waals surface area (Å²) in [6, 6.07) is 22.0. The van der Waals surface area contributed by atoms with Gasteiger partial charge >= 0.3 is 0 Å². The van der Waals surface area contributed by atoms with E-state index in [2.05, 4.69) is 63.4 Å². The zero-order valence-corrected chi connectivity index (χ0v) is 21.4. The number of hydrogen-bond donors (Lipinski definition) is 1. The smallest absolute Gasteiger partial charge is 0.196 e. The van der Waals surface area contributed by atoms with E-state index < -0.39 is 0 Å². The Kier molecular flexibility index (Phi) is 5.18. The Balaban J connectivity index is 1.36. The number of benzene rings is 3. The first-order valence-electron chi connectivity index (χ1n) is 12.9. The molecule has 7 rings (SSSR count). The summed E-state index contributed by atoms with van der Waals surface area (Å²) in [4.78, 5) is 23.1. The molecule has 0 spiro atoms. The van der Waals surface area contributed by atoms with Crippen molar-refractivity contribution in [2.24, 2.45) is 0 Å². The van der Waals surface area contributed by atoms with Gasteiger partial charge in [-0.25, -0.2) is 4.98 Å². The van der Waals surface area contributed by atoms with Crippen LogP contribution in [0.2, 0.25) is 0 Å². The summed E-state index contributed by atoms with van der Waals surface area (Å²) in [5.41, 5.74) is 7.78. The topological polar surface area (TPSA) is 74.5 Å². The van der Waals surface area contributed by atoms with Gasteiger partial charge in [0.15, 0.2) is 11.5 Å². The van der Waals surface area contributed by atoms with E-state index in [-0.39, 0.29) is 5.78 Å². The number of fused-ring (bicyclic) bond motifs is 2.